The molecule has 0 fully saturated rings. The number of carbonyl (C=O) groups is 1. The van der Waals surface area contributed by atoms with Crippen molar-refractivity contribution in [3.8, 4) is 0 Å². The van der Waals surface area contributed by atoms with Crippen LogP contribution in [0.15, 0.2) is 54.9 Å². The molecule has 2 N–H and O–H groups in total. The average molecular weight is 391 g/mol. The highest BCUT2D eigenvalue weighted by Crippen LogP contribution is 2.24. The first kappa shape index (κ1) is 18.1. The van der Waals surface area contributed by atoms with Crippen molar-refractivity contribution >= 4 is 40.6 Å². The Morgan fingerprint density at radius 2 is 1.69 bits per heavy atom. The number of nitrogens with one attached hydrogen (secondary N) is 2. The number of carbonyl (C=O) groups excluding carboxylic acids is 1. The van der Waals surface area contributed by atoms with E-state index < -0.39 is 0 Å². The van der Waals surface area contributed by atoms with Gasteiger partial charge in [-0.05, 0) is 35.9 Å². The molecule has 0 saturated heterocycles. The molecule has 0 aliphatic heterocycles. The second kappa shape index (κ2) is 8.12. The molecule has 5 nitrogen and oxygen atoms in total. The van der Waals surface area contributed by atoms with E-state index in [2.05, 4.69) is 20.6 Å². The highest BCUT2D eigenvalue weighted by Gasteiger charge is 2.09. The van der Waals surface area contributed by atoms with Gasteiger partial charge in [0.2, 0.25) is 0 Å². The summed E-state index contributed by atoms with van der Waals surface area (Å²) >= 11 is 11.9. The third kappa shape index (κ3) is 4.91. The molecule has 0 saturated carbocycles. The highest BCUT2D eigenvalue weighted by atomic mass is 35.5. The first-order chi connectivity index (χ1) is 12.5. The van der Waals surface area contributed by atoms with Gasteiger partial charge < -0.3 is 10.6 Å². The zero-order valence-electron chi connectivity index (χ0n) is 13.3. The molecule has 0 unspecified atom stereocenters. The maximum absolute atomic E-state index is 12.9. The molecule has 0 radical (unpaired) electrons. The second-order valence-corrected chi connectivity index (χ2v) is 6.25. The third-order valence-corrected chi connectivity index (χ3v) is 3.84. The van der Waals surface area contributed by atoms with Crippen molar-refractivity contribution in [1.82, 2.24) is 15.3 Å². The summed E-state index contributed by atoms with van der Waals surface area (Å²) in [6.07, 6.45) is 1.28. The van der Waals surface area contributed by atoms with E-state index in [1.807, 2.05) is 0 Å². The van der Waals surface area contributed by atoms with E-state index in [1.54, 1.807) is 30.3 Å². The summed E-state index contributed by atoms with van der Waals surface area (Å²) in [4.78, 5) is 20.3. The van der Waals surface area contributed by atoms with Gasteiger partial charge in [0, 0.05) is 28.3 Å². The molecule has 0 aliphatic carbocycles. The van der Waals surface area contributed by atoms with Gasteiger partial charge in [0.15, 0.2) is 0 Å². The number of hydrogen-bond acceptors (Lipinski definition) is 4. The lowest BCUT2D eigenvalue weighted by Crippen LogP contribution is -2.24. The van der Waals surface area contributed by atoms with Crippen molar-refractivity contribution in [2.24, 2.45) is 0 Å². The number of rotatable bonds is 5. The molecule has 3 rings (SSSR count). The molecule has 0 aliphatic rings. The van der Waals surface area contributed by atoms with E-state index in [0.29, 0.717) is 21.6 Å². The monoisotopic (exact) mass is 390 g/mol. The summed E-state index contributed by atoms with van der Waals surface area (Å²) in [7, 11) is 0. The summed E-state index contributed by atoms with van der Waals surface area (Å²) in [6.45, 7) is 0.260. The minimum Gasteiger partial charge on any atom is -0.347 e. The van der Waals surface area contributed by atoms with Crippen LogP contribution in [0.5, 0.6) is 0 Å². The Bertz CT molecular complexity index is 914. The fraction of sp³-hybridized carbons (Fsp3) is 0.0556. The molecule has 0 spiro atoms. The van der Waals surface area contributed by atoms with Gasteiger partial charge in [-0.25, -0.2) is 14.4 Å². The van der Waals surface area contributed by atoms with Crippen molar-refractivity contribution < 1.29 is 9.18 Å². The van der Waals surface area contributed by atoms with Crippen molar-refractivity contribution in [2.45, 2.75) is 6.54 Å². The molecular formula is C18H13Cl2FN4O. The SMILES string of the molecule is O=C(NCc1ccc(F)cc1)c1cc(Nc2cc(Cl)cc(Cl)c2)ncn1. The maximum Gasteiger partial charge on any atom is 0.270 e. The Labute approximate surface area is 159 Å². The Morgan fingerprint density at radius 3 is 2.38 bits per heavy atom. The van der Waals surface area contributed by atoms with Crippen LogP contribution < -0.4 is 10.6 Å². The number of nitrogens with zero attached hydrogens (tertiary/aromatic N) is 2. The smallest absolute Gasteiger partial charge is 0.270 e. The van der Waals surface area contributed by atoms with Gasteiger partial charge in [-0.2, -0.15) is 0 Å². The molecule has 132 valence electrons. The van der Waals surface area contributed by atoms with Crippen LogP contribution in [-0.4, -0.2) is 15.9 Å². The lowest BCUT2D eigenvalue weighted by molar-refractivity contribution is 0.0946. The van der Waals surface area contributed by atoms with Crippen molar-refractivity contribution in [2.75, 3.05) is 5.32 Å². The Kier molecular flexibility index (Phi) is 5.65. The van der Waals surface area contributed by atoms with Crippen LogP contribution in [0.4, 0.5) is 15.9 Å². The van der Waals surface area contributed by atoms with E-state index >= 15 is 0 Å². The lowest BCUT2D eigenvalue weighted by atomic mass is 10.2. The van der Waals surface area contributed by atoms with E-state index in [4.69, 9.17) is 23.2 Å². The van der Waals surface area contributed by atoms with E-state index in [9.17, 15) is 9.18 Å². The molecule has 1 heterocycles. The van der Waals surface area contributed by atoms with Gasteiger partial charge >= 0.3 is 0 Å². The maximum atomic E-state index is 12.9. The standard InChI is InChI=1S/C18H13Cl2FN4O/c19-12-5-13(20)7-15(6-12)25-17-8-16(23-10-24-17)18(26)22-9-11-1-3-14(21)4-2-11/h1-8,10H,9H2,(H,22,26)(H,23,24,25). The first-order valence-corrected chi connectivity index (χ1v) is 8.33. The first-order valence-electron chi connectivity index (χ1n) is 7.57. The second-order valence-electron chi connectivity index (χ2n) is 5.38. The number of amides is 1. The van der Waals surface area contributed by atoms with Gasteiger partial charge in [0.05, 0.1) is 0 Å². The van der Waals surface area contributed by atoms with Gasteiger partial charge in [-0.3, -0.25) is 4.79 Å². The van der Waals surface area contributed by atoms with E-state index in [-0.39, 0.29) is 24.0 Å². The van der Waals surface area contributed by atoms with Crippen LogP contribution in [0.25, 0.3) is 0 Å². The van der Waals surface area contributed by atoms with Gasteiger partial charge in [-0.1, -0.05) is 35.3 Å². The third-order valence-electron chi connectivity index (χ3n) is 3.40. The number of benzene rings is 2. The summed E-state index contributed by atoms with van der Waals surface area (Å²) in [6, 6.07) is 12.4. The molecule has 8 heteroatoms. The van der Waals surface area contributed by atoms with Crippen LogP contribution >= 0.6 is 23.2 Å². The molecule has 0 atom stereocenters. The summed E-state index contributed by atoms with van der Waals surface area (Å²) in [5.41, 5.74) is 1.61. The molecular weight excluding hydrogens is 378 g/mol. The topological polar surface area (TPSA) is 66.9 Å². The van der Waals surface area contributed by atoms with Gasteiger partial charge in [0.25, 0.3) is 5.91 Å². The molecule has 0 bridgehead atoms. The molecule has 1 aromatic heterocycles. The van der Waals surface area contributed by atoms with Crippen molar-refractivity contribution in [3.05, 3.63) is 82.0 Å². The van der Waals surface area contributed by atoms with E-state index in [1.165, 1.54) is 24.5 Å². The van der Waals surface area contributed by atoms with Crippen LogP contribution in [0.1, 0.15) is 16.1 Å². The number of hydrogen-bond donors (Lipinski definition) is 2. The van der Waals surface area contributed by atoms with Gasteiger partial charge in [-0.15, -0.1) is 0 Å². The largest absolute Gasteiger partial charge is 0.347 e. The van der Waals surface area contributed by atoms with Gasteiger partial charge in [0.1, 0.15) is 23.7 Å². The molecule has 2 aromatic carbocycles. The molecule has 3 aromatic rings. The minimum absolute atomic E-state index is 0.192. The fourth-order valence-electron chi connectivity index (χ4n) is 2.20. The van der Waals surface area contributed by atoms with Crippen molar-refractivity contribution in [1.29, 1.82) is 0 Å². The predicted molar refractivity (Wildman–Crippen MR) is 99.3 cm³/mol. The molecule has 26 heavy (non-hydrogen) atoms. The Balaban J connectivity index is 1.67. The van der Waals surface area contributed by atoms with Crippen LogP contribution in [0.2, 0.25) is 10.0 Å². The predicted octanol–water partition coefficient (Wildman–Crippen LogP) is 4.60. The Morgan fingerprint density at radius 1 is 1.00 bits per heavy atom. The zero-order valence-corrected chi connectivity index (χ0v) is 14.9. The zero-order chi connectivity index (χ0) is 18.5. The van der Waals surface area contributed by atoms with Crippen molar-refractivity contribution in [3.63, 3.8) is 0 Å². The quantitative estimate of drug-likeness (QED) is 0.668. The minimum atomic E-state index is -0.371. The van der Waals surface area contributed by atoms with Crippen LogP contribution in [-0.2, 0) is 6.54 Å². The number of halogens is 3. The normalized spacial score (nSPS) is 10.4. The van der Waals surface area contributed by atoms with E-state index in [0.717, 1.165) is 5.56 Å². The highest BCUT2D eigenvalue weighted by molar-refractivity contribution is 6.35. The summed E-state index contributed by atoms with van der Waals surface area (Å²) < 4.78 is 12.9. The summed E-state index contributed by atoms with van der Waals surface area (Å²) in [5.74, 6) is -0.276. The average Bonchev–Trinajstić information content (AvgIpc) is 2.60. The lowest BCUT2D eigenvalue weighted by Gasteiger charge is -2.08. The summed E-state index contributed by atoms with van der Waals surface area (Å²) in [5, 5.41) is 6.70. The van der Waals surface area contributed by atoms with Crippen LogP contribution in [0.3, 0.4) is 0 Å². The fourth-order valence-corrected chi connectivity index (χ4v) is 2.72. The molecule has 1 amide bonds. The number of aromatic nitrogens is 2. The Hall–Kier alpha value is -2.70. The van der Waals surface area contributed by atoms with Crippen LogP contribution in [0, 0.1) is 5.82 Å². The number of anilines is 2.